The number of amides is 1. The van der Waals surface area contributed by atoms with E-state index < -0.39 is 0 Å². The van der Waals surface area contributed by atoms with E-state index >= 15 is 0 Å². The van der Waals surface area contributed by atoms with Crippen molar-refractivity contribution in [3.63, 3.8) is 0 Å². The molecule has 1 aromatic rings. The quantitative estimate of drug-likeness (QED) is 0.834. The van der Waals surface area contributed by atoms with Gasteiger partial charge in [-0.25, -0.2) is 4.98 Å². The van der Waals surface area contributed by atoms with E-state index in [4.69, 9.17) is 0 Å². The van der Waals surface area contributed by atoms with E-state index in [1.54, 1.807) is 0 Å². The number of carbonyl (C=O) groups excluding carboxylic acids is 1. The van der Waals surface area contributed by atoms with Crippen LogP contribution in [-0.2, 0) is 0 Å². The highest BCUT2D eigenvalue weighted by molar-refractivity contribution is 5.93. The van der Waals surface area contributed by atoms with Gasteiger partial charge in [0.15, 0.2) is 0 Å². The van der Waals surface area contributed by atoms with Gasteiger partial charge in [-0.3, -0.25) is 9.59 Å². The largest absolute Gasteiger partial charge is 0.346 e. The van der Waals surface area contributed by atoms with E-state index in [-0.39, 0.29) is 23.1 Å². The number of aromatic amines is 1. The summed E-state index contributed by atoms with van der Waals surface area (Å²) in [6.45, 7) is 1.97. The number of hydrogen-bond acceptors (Lipinski definition) is 3. The number of H-pyrrole nitrogens is 1. The Labute approximate surface area is 123 Å². The van der Waals surface area contributed by atoms with Crippen LogP contribution in [0, 0.1) is 0 Å². The molecule has 0 saturated heterocycles. The Morgan fingerprint density at radius 3 is 2.86 bits per heavy atom. The molecule has 0 aromatic carbocycles. The van der Waals surface area contributed by atoms with Crippen molar-refractivity contribution in [3.05, 3.63) is 39.6 Å². The third kappa shape index (κ3) is 3.23. The SMILES string of the molecule is CC(NC(=O)c1cnc(C2CC2)[nH]c1=O)C1=CCCCC1. The Morgan fingerprint density at radius 1 is 1.43 bits per heavy atom. The predicted octanol–water partition coefficient (Wildman–Crippen LogP) is 2.27. The van der Waals surface area contributed by atoms with Crippen LogP contribution in [0.1, 0.15) is 67.5 Å². The van der Waals surface area contributed by atoms with Crippen molar-refractivity contribution in [2.45, 2.75) is 57.4 Å². The van der Waals surface area contributed by atoms with Crippen LogP contribution in [0.15, 0.2) is 22.6 Å². The third-order valence-electron chi connectivity index (χ3n) is 4.26. The van der Waals surface area contributed by atoms with Gasteiger partial charge in [0.05, 0.1) is 0 Å². The summed E-state index contributed by atoms with van der Waals surface area (Å²) < 4.78 is 0. The maximum Gasteiger partial charge on any atom is 0.263 e. The third-order valence-corrected chi connectivity index (χ3v) is 4.26. The zero-order valence-electron chi connectivity index (χ0n) is 12.3. The lowest BCUT2D eigenvalue weighted by Crippen LogP contribution is -2.37. The summed E-state index contributed by atoms with van der Waals surface area (Å²) in [6, 6.07) is -0.0275. The summed E-state index contributed by atoms with van der Waals surface area (Å²) in [7, 11) is 0. The number of nitrogens with zero attached hydrogens (tertiary/aromatic N) is 1. The molecule has 21 heavy (non-hydrogen) atoms. The maximum absolute atomic E-state index is 12.2. The molecule has 5 nitrogen and oxygen atoms in total. The van der Waals surface area contributed by atoms with Crippen molar-refractivity contribution >= 4 is 5.91 Å². The molecule has 0 spiro atoms. The molecule has 1 heterocycles. The Kier molecular flexibility index (Phi) is 3.90. The maximum atomic E-state index is 12.2. The Balaban J connectivity index is 1.70. The Morgan fingerprint density at radius 2 is 2.24 bits per heavy atom. The lowest BCUT2D eigenvalue weighted by Gasteiger charge is -2.20. The summed E-state index contributed by atoms with van der Waals surface area (Å²) in [6.07, 6.45) is 10.2. The van der Waals surface area contributed by atoms with Crippen molar-refractivity contribution in [2.75, 3.05) is 0 Å². The van der Waals surface area contributed by atoms with E-state index in [1.165, 1.54) is 24.6 Å². The number of rotatable bonds is 4. The highest BCUT2D eigenvalue weighted by atomic mass is 16.2. The number of allylic oxidation sites excluding steroid dienone is 1. The topological polar surface area (TPSA) is 74.8 Å². The highest BCUT2D eigenvalue weighted by Gasteiger charge is 2.27. The van der Waals surface area contributed by atoms with E-state index in [0.29, 0.717) is 11.7 Å². The molecular weight excluding hydrogens is 266 g/mol. The number of carbonyl (C=O) groups is 1. The van der Waals surface area contributed by atoms with Gasteiger partial charge in [-0.15, -0.1) is 0 Å². The van der Waals surface area contributed by atoms with Gasteiger partial charge in [0.25, 0.3) is 11.5 Å². The van der Waals surface area contributed by atoms with Gasteiger partial charge in [-0.1, -0.05) is 11.6 Å². The Hall–Kier alpha value is -1.91. The van der Waals surface area contributed by atoms with E-state index in [2.05, 4.69) is 21.4 Å². The standard InChI is InChI=1S/C16H21N3O2/c1-10(11-5-3-2-4-6-11)18-15(20)13-9-17-14(12-7-8-12)19-16(13)21/h5,9-10,12H,2-4,6-8H2,1H3,(H,18,20)(H,17,19,21). The summed E-state index contributed by atoms with van der Waals surface area (Å²) in [4.78, 5) is 31.2. The molecule has 5 heteroatoms. The van der Waals surface area contributed by atoms with Gasteiger partial charge in [0.2, 0.25) is 0 Å². The summed E-state index contributed by atoms with van der Waals surface area (Å²) in [5.41, 5.74) is 1.02. The second kappa shape index (κ2) is 5.84. The second-order valence-corrected chi connectivity index (χ2v) is 6.01. The molecule has 0 radical (unpaired) electrons. The molecule has 1 fully saturated rings. The van der Waals surface area contributed by atoms with Gasteiger partial charge in [0, 0.05) is 18.2 Å². The van der Waals surface area contributed by atoms with Gasteiger partial charge in [-0.2, -0.15) is 0 Å². The minimum atomic E-state index is -0.343. The smallest absolute Gasteiger partial charge is 0.263 e. The first-order chi connectivity index (χ1) is 10.1. The van der Waals surface area contributed by atoms with Crippen LogP contribution in [-0.4, -0.2) is 21.9 Å². The molecule has 0 aliphatic heterocycles. The van der Waals surface area contributed by atoms with Crippen LogP contribution in [0.25, 0.3) is 0 Å². The van der Waals surface area contributed by atoms with Gasteiger partial charge in [-0.05, 0) is 45.4 Å². The lowest BCUT2D eigenvalue weighted by atomic mass is 9.94. The molecule has 3 rings (SSSR count). The predicted molar refractivity (Wildman–Crippen MR) is 80.3 cm³/mol. The molecule has 2 N–H and O–H groups in total. The molecule has 1 aromatic heterocycles. The van der Waals surface area contributed by atoms with Gasteiger partial charge >= 0.3 is 0 Å². The molecule has 112 valence electrons. The van der Waals surface area contributed by atoms with Gasteiger partial charge < -0.3 is 10.3 Å². The zero-order chi connectivity index (χ0) is 14.8. The first kappa shape index (κ1) is 14.0. The molecule has 1 unspecified atom stereocenters. The lowest BCUT2D eigenvalue weighted by molar-refractivity contribution is 0.0942. The first-order valence-electron chi connectivity index (χ1n) is 7.74. The van der Waals surface area contributed by atoms with Crippen LogP contribution < -0.4 is 10.9 Å². The van der Waals surface area contributed by atoms with E-state index in [9.17, 15) is 9.59 Å². The number of nitrogens with one attached hydrogen (secondary N) is 2. The normalized spacial score (nSPS) is 19.8. The number of aromatic nitrogens is 2. The van der Waals surface area contributed by atoms with Crippen LogP contribution in [0.5, 0.6) is 0 Å². The van der Waals surface area contributed by atoms with Gasteiger partial charge in [0.1, 0.15) is 11.4 Å². The molecular formula is C16H21N3O2. The molecule has 0 bridgehead atoms. The monoisotopic (exact) mass is 287 g/mol. The van der Waals surface area contributed by atoms with Crippen LogP contribution in [0.2, 0.25) is 0 Å². The zero-order valence-corrected chi connectivity index (χ0v) is 12.3. The van der Waals surface area contributed by atoms with Crippen molar-refractivity contribution in [1.29, 1.82) is 0 Å². The summed E-state index contributed by atoms with van der Waals surface area (Å²) in [5.74, 6) is 0.741. The number of hydrogen-bond donors (Lipinski definition) is 2. The fraction of sp³-hybridized carbons (Fsp3) is 0.562. The molecule has 1 amide bonds. The van der Waals surface area contributed by atoms with E-state index in [1.807, 2.05) is 6.92 Å². The first-order valence-corrected chi connectivity index (χ1v) is 7.74. The van der Waals surface area contributed by atoms with Crippen LogP contribution >= 0.6 is 0 Å². The van der Waals surface area contributed by atoms with Crippen molar-refractivity contribution in [3.8, 4) is 0 Å². The minimum absolute atomic E-state index is 0.0275. The molecule has 2 aliphatic carbocycles. The molecule has 2 aliphatic rings. The summed E-state index contributed by atoms with van der Waals surface area (Å²) >= 11 is 0. The van der Waals surface area contributed by atoms with Crippen molar-refractivity contribution < 1.29 is 4.79 Å². The van der Waals surface area contributed by atoms with Crippen molar-refractivity contribution in [2.24, 2.45) is 0 Å². The second-order valence-electron chi connectivity index (χ2n) is 6.01. The van der Waals surface area contributed by atoms with Crippen LogP contribution in [0.4, 0.5) is 0 Å². The summed E-state index contributed by atoms with van der Waals surface area (Å²) in [5, 5.41) is 2.90. The van der Waals surface area contributed by atoms with Crippen molar-refractivity contribution in [1.82, 2.24) is 15.3 Å². The molecule has 1 saturated carbocycles. The minimum Gasteiger partial charge on any atom is -0.346 e. The average molecular weight is 287 g/mol. The average Bonchev–Trinajstić information content (AvgIpc) is 3.32. The van der Waals surface area contributed by atoms with E-state index in [0.717, 1.165) is 25.7 Å². The molecule has 1 atom stereocenters. The Bertz CT molecular complexity index is 629. The highest BCUT2D eigenvalue weighted by Crippen LogP contribution is 2.37. The fourth-order valence-electron chi connectivity index (χ4n) is 2.76. The van der Waals surface area contributed by atoms with Crippen LogP contribution in [0.3, 0.4) is 0 Å². The fourth-order valence-corrected chi connectivity index (χ4v) is 2.76.